The molecule has 0 saturated carbocycles. The Balaban J connectivity index is 2.15. The molecule has 2 aromatic carbocycles. The summed E-state index contributed by atoms with van der Waals surface area (Å²) in [5.41, 5.74) is 3.41. The molecule has 0 aliphatic heterocycles. The summed E-state index contributed by atoms with van der Waals surface area (Å²) in [4.78, 5) is 12.2. The molecule has 0 bridgehead atoms. The molecule has 0 aromatic heterocycles. The molecule has 0 spiro atoms. The van der Waals surface area contributed by atoms with Crippen molar-refractivity contribution in [3.05, 3.63) is 69.3 Å². The normalized spacial score (nSPS) is 10.9. The molecular formula is C18H15Cl2N3O. The lowest BCUT2D eigenvalue weighted by Crippen LogP contribution is -2.14. The van der Waals surface area contributed by atoms with Crippen LogP contribution in [0.3, 0.4) is 0 Å². The number of hydrogen-bond acceptors (Lipinski definition) is 3. The maximum atomic E-state index is 12.2. The zero-order valence-corrected chi connectivity index (χ0v) is 14.7. The van der Waals surface area contributed by atoms with Gasteiger partial charge in [0.1, 0.15) is 11.6 Å². The number of nitriles is 1. The van der Waals surface area contributed by atoms with Crippen LogP contribution in [-0.4, -0.2) is 5.91 Å². The van der Waals surface area contributed by atoms with Gasteiger partial charge in [0.25, 0.3) is 5.91 Å². The summed E-state index contributed by atoms with van der Waals surface area (Å²) in [6.45, 7) is 3.96. The van der Waals surface area contributed by atoms with E-state index in [-0.39, 0.29) is 5.57 Å². The van der Waals surface area contributed by atoms with Crippen molar-refractivity contribution in [2.24, 2.45) is 0 Å². The number of anilines is 2. The van der Waals surface area contributed by atoms with Gasteiger partial charge in [-0.05, 0) is 49.2 Å². The van der Waals surface area contributed by atoms with E-state index in [2.05, 4.69) is 10.6 Å². The van der Waals surface area contributed by atoms with Gasteiger partial charge in [-0.25, -0.2) is 0 Å². The van der Waals surface area contributed by atoms with Crippen molar-refractivity contribution < 1.29 is 4.79 Å². The van der Waals surface area contributed by atoms with Crippen molar-refractivity contribution in [3.63, 3.8) is 0 Å². The summed E-state index contributed by atoms with van der Waals surface area (Å²) >= 11 is 11.7. The number of carbonyl (C=O) groups is 1. The lowest BCUT2D eigenvalue weighted by atomic mass is 10.1. The SMILES string of the molecule is Cc1cccc(N/C=C(/C#N)C(=O)Nc2ccc(Cl)c(Cl)c2)c1C. The van der Waals surface area contributed by atoms with Crippen molar-refractivity contribution in [2.45, 2.75) is 13.8 Å². The lowest BCUT2D eigenvalue weighted by Gasteiger charge is -2.09. The molecule has 0 aliphatic carbocycles. The van der Waals surface area contributed by atoms with E-state index >= 15 is 0 Å². The molecular weight excluding hydrogens is 345 g/mol. The van der Waals surface area contributed by atoms with Crippen molar-refractivity contribution in [1.82, 2.24) is 0 Å². The quantitative estimate of drug-likeness (QED) is 0.591. The average molecular weight is 360 g/mol. The topological polar surface area (TPSA) is 64.9 Å². The Hall–Kier alpha value is -2.48. The summed E-state index contributed by atoms with van der Waals surface area (Å²) in [5.74, 6) is -0.534. The van der Waals surface area contributed by atoms with Gasteiger partial charge in [-0.15, -0.1) is 0 Å². The molecule has 6 heteroatoms. The summed E-state index contributed by atoms with van der Waals surface area (Å²) in [7, 11) is 0. The van der Waals surface area contributed by atoms with E-state index in [1.54, 1.807) is 12.1 Å². The number of nitrogens with zero attached hydrogens (tertiary/aromatic N) is 1. The summed E-state index contributed by atoms with van der Waals surface area (Å²) in [6.07, 6.45) is 1.38. The van der Waals surface area contributed by atoms with E-state index in [1.807, 2.05) is 38.1 Å². The number of carbonyl (C=O) groups excluding carboxylic acids is 1. The van der Waals surface area contributed by atoms with Crippen LogP contribution < -0.4 is 10.6 Å². The lowest BCUT2D eigenvalue weighted by molar-refractivity contribution is -0.112. The third-order valence-corrected chi connectivity index (χ3v) is 4.26. The Morgan fingerprint density at radius 1 is 1.17 bits per heavy atom. The second-order valence-electron chi connectivity index (χ2n) is 5.14. The zero-order chi connectivity index (χ0) is 17.7. The number of benzene rings is 2. The average Bonchev–Trinajstić information content (AvgIpc) is 2.55. The highest BCUT2D eigenvalue weighted by atomic mass is 35.5. The molecule has 0 radical (unpaired) electrons. The Morgan fingerprint density at radius 2 is 1.92 bits per heavy atom. The van der Waals surface area contributed by atoms with E-state index in [1.165, 1.54) is 12.3 Å². The number of aryl methyl sites for hydroxylation is 1. The van der Waals surface area contributed by atoms with Gasteiger partial charge < -0.3 is 10.6 Å². The first-order chi connectivity index (χ1) is 11.4. The predicted octanol–water partition coefficient (Wildman–Crippen LogP) is 5.07. The molecule has 2 N–H and O–H groups in total. The van der Waals surface area contributed by atoms with Crippen LogP contribution in [0.25, 0.3) is 0 Å². The smallest absolute Gasteiger partial charge is 0.267 e. The highest BCUT2D eigenvalue weighted by molar-refractivity contribution is 6.42. The maximum absolute atomic E-state index is 12.2. The molecule has 4 nitrogen and oxygen atoms in total. The molecule has 0 heterocycles. The van der Waals surface area contributed by atoms with Gasteiger partial charge >= 0.3 is 0 Å². The highest BCUT2D eigenvalue weighted by Gasteiger charge is 2.10. The Bertz CT molecular complexity index is 854. The Labute approximate surface area is 150 Å². The van der Waals surface area contributed by atoms with Gasteiger partial charge in [0, 0.05) is 17.6 Å². The second-order valence-corrected chi connectivity index (χ2v) is 5.96. The first-order valence-electron chi connectivity index (χ1n) is 7.12. The van der Waals surface area contributed by atoms with Gasteiger partial charge in [-0.2, -0.15) is 5.26 Å². The standard InChI is InChI=1S/C18H15Cl2N3O/c1-11-4-3-5-17(12(11)2)22-10-13(9-21)18(24)23-14-6-7-15(19)16(20)8-14/h3-8,10,22H,1-2H3,(H,23,24)/b13-10-. The predicted molar refractivity (Wildman–Crippen MR) is 98.3 cm³/mol. The minimum atomic E-state index is -0.534. The van der Waals surface area contributed by atoms with Gasteiger partial charge in [-0.1, -0.05) is 35.3 Å². The molecule has 1 amide bonds. The molecule has 0 unspecified atom stereocenters. The van der Waals surface area contributed by atoms with Gasteiger partial charge in [0.05, 0.1) is 10.0 Å². The van der Waals surface area contributed by atoms with E-state index in [9.17, 15) is 10.1 Å². The third-order valence-electron chi connectivity index (χ3n) is 3.52. The first kappa shape index (κ1) is 17.9. The summed E-state index contributed by atoms with van der Waals surface area (Å²) in [5, 5.41) is 15.5. The minimum Gasteiger partial charge on any atom is -0.360 e. The fraction of sp³-hybridized carbons (Fsp3) is 0.111. The van der Waals surface area contributed by atoms with Gasteiger partial charge in [-0.3, -0.25) is 4.79 Å². The minimum absolute atomic E-state index is 0.0537. The molecule has 0 saturated heterocycles. The van der Waals surface area contributed by atoms with Crippen LogP contribution >= 0.6 is 23.2 Å². The fourth-order valence-corrected chi connectivity index (χ4v) is 2.28. The van der Waals surface area contributed by atoms with Crippen molar-refractivity contribution in [1.29, 1.82) is 5.26 Å². The van der Waals surface area contributed by atoms with Crippen molar-refractivity contribution in [2.75, 3.05) is 10.6 Å². The van der Waals surface area contributed by atoms with Gasteiger partial charge in [0.2, 0.25) is 0 Å². The highest BCUT2D eigenvalue weighted by Crippen LogP contribution is 2.25. The molecule has 122 valence electrons. The number of rotatable bonds is 4. The first-order valence-corrected chi connectivity index (χ1v) is 7.87. The van der Waals surface area contributed by atoms with Crippen LogP contribution in [0.2, 0.25) is 10.0 Å². The fourth-order valence-electron chi connectivity index (χ4n) is 1.98. The van der Waals surface area contributed by atoms with Crippen molar-refractivity contribution in [3.8, 4) is 6.07 Å². The molecule has 2 rings (SSSR count). The van der Waals surface area contributed by atoms with Gasteiger partial charge in [0.15, 0.2) is 0 Å². The van der Waals surface area contributed by atoms with E-state index in [0.717, 1.165) is 16.8 Å². The zero-order valence-electron chi connectivity index (χ0n) is 13.2. The Morgan fingerprint density at radius 3 is 2.58 bits per heavy atom. The van der Waals surface area contributed by atoms with Crippen LogP contribution in [0, 0.1) is 25.2 Å². The van der Waals surface area contributed by atoms with Crippen molar-refractivity contribution >= 4 is 40.5 Å². The number of nitrogens with one attached hydrogen (secondary N) is 2. The number of amides is 1. The van der Waals surface area contributed by atoms with E-state index in [4.69, 9.17) is 23.2 Å². The maximum Gasteiger partial charge on any atom is 0.267 e. The van der Waals surface area contributed by atoms with Crippen LogP contribution in [0.4, 0.5) is 11.4 Å². The molecule has 0 fully saturated rings. The van der Waals surface area contributed by atoms with Crippen LogP contribution in [0.5, 0.6) is 0 Å². The van der Waals surface area contributed by atoms with E-state index in [0.29, 0.717) is 15.7 Å². The molecule has 0 aliphatic rings. The largest absolute Gasteiger partial charge is 0.360 e. The second kappa shape index (κ2) is 7.87. The molecule has 24 heavy (non-hydrogen) atoms. The third kappa shape index (κ3) is 4.29. The summed E-state index contributed by atoms with van der Waals surface area (Å²) < 4.78 is 0. The van der Waals surface area contributed by atoms with E-state index < -0.39 is 5.91 Å². The molecule has 2 aromatic rings. The molecule has 0 atom stereocenters. The monoisotopic (exact) mass is 359 g/mol. The van der Waals surface area contributed by atoms with Crippen LogP contribution in [-0.2, 0) is 4.79 Å². The van der Waals surface area contributed by atoms with Crippen LogP contribution in [0.15, 0.2) is 48.2 Å². The Kier molecular flexibility index (Phi) is 5.86. The number of hydrogen-bond donors (Lipinski definition) is 2. The van der Waals surface area contributed by atoms with Crippen LogP contribution in [0.1, 0.15) is 11.1 Å². The summed E-state index contributed by atoms with van der Waals surface area (Å²) in [6, 6.07) is 12.4. The number of halogens is 2.